The SMILES string of the molecule is FC(F)(F)CC(NCC1CCC1)c1ccccc1. The molecule has 1 atom stereocenters. The molecule has 2 rings (SSSR count). The summed E-state index contributed by atoms with van der Waals surface area (Å²) in [5, 5.41) is 3.07. The van der Waals surface area contributed by atoms with Crippen molar-refractivity contribution in [3.8, 4) is 0 Å². The number of hydrogen-bond acceptors (Lipinski definition) is 1. The van der Waals surface area contributed by atoms with Crippen LogP contribution in [-0.2, 0) is 0 Å². The van der Waals surface area contributed by atoms with E-state index in [9.17, 15) is 13.2 Å². The molecule has 1 fully saturated rings. The molecule has 1 saturated carbocycles. The topological polar surface area (TPSA) is 12.0 Å². The summed E-state index contributed by atoms with van der Waals surface area (Å²) in [7, 11) is 0. The molecular weight excluding hydrogens is 239 g/mol. The van der Waals surface area contributed by atoms with Crippen molar-refractivity contribution in [1.82, 2.24) is 5.32 Å². The highest BCUT2D eigenvalue weighted by Gasteiger charge is 2.33. The van der Waals surface area contributed by atoms with E-state index in [1.165, 1.54) is 6.42 Å². The Morgan fingerprint density at radius 3 is 2.33 bits per heavy atom. The lowest BCUT2D eigenvalue weighted by molar-refractivity contribution is -0.140. The Hall–Kier alpha value is -1.03. The van der Waals surface area contributed by atoms with Crippen molar-refractivity contribution in [2.45, 2.75) is 37.9 Å². The predicted octanol–water partition coefficient (Wildman–Crippen LogP) is 4.07. The van der Waals surface area contributed by atoms with Crippen molar-refractivity contribution in [2.75, 3.05) is 6.54 Å². The molecule has 0 aromatic heterocycles. The summed E-state index contributed by atoms with van der Waals surface area (Å²) in [6.45, 7) is 0.690. The third-order valence-corrected chi connectivity index (χ3v) is 3.52. The van der Waals surface area contributed by atoms with Crippen molar-refractivity contribution in [3.63, 3.8) is 0 Å². The molecule has 1 aromatic carbocycles. The molecule has 1 unspecified atom stereocenters. The summed E-state index contributed by atoms with van der Waals surface area (Å²) < 4.78 is 37.7. The lowest BCUT2D eigenvalue weighted by Crippen LogP contribution is -2.33. The third kappa shape index (κ3) is 4.02. The van der Waals surface area contributed by atoms with Gasteiger partial charge in [-0.2, -0.15) is 13.2 Å². The second-order valence-corrected chi connectivity index (χ2v) is 4.99. The van der Waals surface area contributed by atoms with Gasteiger partial charge in [0, 0.05) is 6.04 Å². The van der Waals surface area contributed by atoms with Gasteiger partial charge in [0.05, 0.1) is 6.42 Å². The van der Waals surface area contributed by atoms with Gasteiger partial charge in [-0.1, -0.05) is 36.8 Å². The van der Waals surface area contributed by atoms with Crippen molar-refractivity contribution in [3.05, 3.63) is 35.9 Å². The Labute approximate surface area is 105 Å². The largest absolute Gasteiger partial charge is 0.390 e. The summed E-state index contributed by atoms with van der Waals surface area (Å²) in [6.07, 6.45) is -1.44. The van der Waals surface area contributed by atoms with Gasteiger partial charge in [0.15, 0.2) is 0 Å². The van der Waals surface area contributed by atoms with Crippen LogP contribution in [0.3, 0.4) is 0 Å². The zero-order chi connectivity index (χ0) is 13.0. The first kappa shape index (κ1) is 13.4. The number of benzene rings is 1. The van der Waals surface area contributed by atoms with Gasteiger partial charge in [-0.05, 0) is 30.9 Å². The van der Waals surface area contributed by atoms with Crippen LogP contribution in [0.1, 0.15) is 37.3 Å². The molecule has 4 heteroatoms. The summed E-state index contributed by atoms with van der Waals surface area (Å²) in [5.41, 5.74) is 0.717. The highest BCUT2D eigenvalue weighted by atomic mass is 19.4. The fourth-order valence-corrected chi connectivity index (χ4v) is 2.23. The second kappa shape index (κ2) is 5.74. The Morgan fingerprint density at radius 2 is 1.83 bits per heavy atom. The van der Waals surface area contributed by atoms with Crippen molar-refractivity contribution in [1.29, 1.82) is 0 Å². The number of rotatable bonds is 5. The van der Waals surface area contributed by atoms with Crippen LogP contribution in [0.2, 0.25) is 0 Å². The summed E-state index contributed by atoms with van der Waals surface area (Å²) >= 11 is 0. The van der Waals surface area contributed by atoms with Gasteiger partial charge >= 0.3 is 6.18 Å². The van der Waals surface area contributed by atoms with E-state index < -0.39 is 18.6 Å². The normalized spacial score (nSPS) is 18.4. The summed E-state index contributed by atoms with van der Waals surface area (Å²) in [6, 6.07) is 8.27. The molecule has 1 aliphatic rings. The zero-order valence-corrected chi connectivity index (χ0v) is 10.2. The summed E-state index contributed by atoms with van der Waals surface area (Å²) in [5.74, 6) is 0.560. The molecule has 1 nitrogen and oxygen atoms in total. The quantitative estimate of drug-likeness (QED) is 0.838. The minimum atomic E-state index is -4.13. The van der Waals surface area contributed by atoms with E-state index in [-0.39, 0.29) is 0 Å². The lowest BCUT2D eigenvalue weighted by Gasteiger charge is -2.29. The van der Waals surface area contributed by atoms with E-state index in [0.29, 0.717) is 18.0 Å². The van der Waals surface area contributed by atoms with Gasteiger partial charge in [-0.3, -0.25) is 0 Å². The lowest BCUT2D eigenvalue weighted by atomic mass is 9.85. The molecule has 18 heavy (non-hydrogen) atoms. The van der Waals surface area contributed by atoms with Crippen molar-refractivity contribution < 1.29 is 13.2 Å². The van der Waals surface area contributed by atoms with E-state index in [4.69, 9.17) is 0 Å². The highest BCUT2D eigenvalue weighted by molar-refractivity contribution is 5.19. The molecule has 1 aliphatic carbocycles. The first-order valence-electron chi connectivity index (χ1n) is 6.40. The number of nitrogens with one attached hydrogen (secondary N) is 1. The Bertz CT molecular complexity index is 357. The standard InChI is InChI=1S/C14H18F3N/c15-14(16,17)9-13(12-7-2-1-3-8-12)18-10-11-5-4-6-11/h1-3,7-8,11,13,18H,4-6,9-10H2. The second-order valence-electron chi connectivity index (χ2n) is 4.99. The Morgan fingerprint density at radius 1 is 1.17 bits per heavy atom. The van der Waals surface area contributed by atoms with E-state index in [0.717, 1.165) is 12.8 Å². The summed E-state index contributed by atoms with van der Waals surface area (Å²) in [4.78, 5) is 0. The van der Waals surface area contributed by atoms with Crippen molar-refractivity contribution >= 4 is 0 Å². The van der Waals surface area contributed by atoms with Crippen LogP contribution in [-0.4, -0.2) is 12.7 Å². The van der Waals surface area contributed by atoms with Gasteiger partial charge in [-0.15, -0.1) is 0 Å². The van der Waals surface area contributed by atoms with Crippen LogP contribution in [0.15, 0.2) is 30.3 Å². The first-order valence-corrected chi connectivity index (χ1v) is 6.40. The Kier molecular flexibility index (Phi) is 4.27. The first-order chi connectivity index (χ1) is 8.54. The van der Waals surface area contributed by atoms with Gasteiger partial charge in [0.25, 0.3) is 0 Å². The fourth-order valence-electron chi connectivity index (χ4n) is 2.23. The van der Waals surface area contributed by atoms with Gasteiger partial charge < -0.3 is 5.32 Å². The third-order valence-electron chi connectivity index (χ3n) is 3.52. The molecule has 0 amide bonds. The van der Waals surface area contributed by atoms with Crippen LogP contribution in [0, 0.1) is 5.92 Å². The molecule has 0 aliphatic heterocycles. The number of hydrogen-bond donors (Lipinski definition) is 1. The monoisotopic (exact) mass is 257 g/mol. The number of alkyl halides is 3. The Balaban J connectivity index is 1.97. The maximum absolute atomic E-state index is 12.6. The van der Waals surface area contributed by atoms with Crippen LogP contribution in [0.5, 0.6) is 0 Å². The minimum absolute atomic E-state index is 0.560. The predicted molar refractivity (Wildman–Crippen MR) is 65.2 cm³/mol. The average Bonchev–Trinajstić information content (AvgIpc) is 2.25. The zero-order valence-electron chi connectivity index (χ0n) is 10.2. The molecule has 100 valence electrons. The van der Waals surface area contributed by atoms with Crippen LogP contribution < -0.4 is 5.32 Å². The molecule has 1 aromatic rings. The van der Waals surface area contributed by atoms with Gasteiger partial charge in [-0.25, -0.2) is 0 Å². The molecule has 0 spiro atoms. The van der Waals surface area contributed by atoms with Crippen LogP contribution >= 0.6 is 0 Å². The molecule has 0 radical (unpaired) electrons. The maximum atomic E-state index is 12.6. The molecule has 0 heterocycles. The van der Waals surface area contributed by atoms with Gasteiger partial charge in [0.2, 0.25) is 0 Å². The highest BCUT2D eigenvalue weighted by Crippen LogP contribution is 2.31. The molecule has 1 N–H and O–H groups in total. The van der Waals surface area contributed by atoms with E-state index in [2.05, 4.69) is 5.32 Å². The molecule has 0 bridgehead atoms. The average molecular weight is 257 g/mol. The van der Waals surface area contributed by atoms with Crippen molar-refractivity contribution in [2.24, 2.45) is 5.92 Å². The van der Waals surface area contributed by atoms with Gasteiger partial charge in [0.1, 0.15) is 0 Å². The maximum Gasteiger partial charge on any atom is 0.390 e. The molecular formula is C14H18F3N. The van der Waals surface area contributed by atoms with Crippen LogP contribution in [0.4, 0.5) is 13.2 Å². The smallest absolute Gasteiger partial charge is 0.309 e. The molecule has 0 saturated heterocycles. The number of halogens is 3. The minimum Gasteiger partial charge on any atom is -0.309 e. The van der Waals surface area contributed by atoms with E-state index in [1.54, 1.807) is 24.3 Å². The van der Waals surface area contributed by atoms with Crippen LogP contribution in [0.25, 0.3) is 0 Å². The van der Waals surface area contributed by atoms with E-state index >= 15 is 0 Å². The van der Waals surface area contributed by atoms with E-state index in [1.807, 2.05) is 6.07 Å². The fraction of sp³-hybridized carbons (Fsp3) is 0.571.